The largest absolute Gasteiger partial charge is 0.330 e. The Morgan fingerprint density at radius 3 is 3.06 bits per heavy atom. The summed E-state index contributed by atoms with van der Waals surface area (Å²) in [5, 5.41) is 2.22. The third kappa shape index (κ3) is 3.09. The molecule has 0 radical (unpaired) electrons. The molecule has 0 aromatic carbocycles. The van der Waals surface area contributed by atoms with Crippen LogP contribution < -0.4 is 5.73 Å². The minimum Gasteiger partial charge on any atom is -0.330 e. The highest BCUT2D eigenvalue weighted by atomic mass is 32.1. The van der Waals surface area contributed by atoms with Gasteiger partial charge in [-0.15, -0.1) is 11.3 Å². The maximum atomic E-state index is 5.96. The fraction of sp³-hybridized carbons (Fsp3) is 0.714. The summed E-state index contributed by atoms with van der Waals surface area (Å²) in [5.74, 6) is 0. The molecule has 2 nitrogen and oxygen atoms in total. The highest BCUT2D eigenvalue weighted by molar-refractivity contribution is 7.10. The van der Waals surface area contributed by atoms with Crippen LogP contribution in [-0.2, 0) is 13.0 Å². The van der Waals surface area contributed by atoms with Crippen LogP contribution in [0.2, 0.25) is 0 Å². The molecule has 0 aliphatic carbocycles. The van der Waals surface area contributed by atoms with E-state index in [0.717, 1.165) is 19.6 Å². The van der Waals surface area contributed by atoms with Gasteiger partial charge in [0.05, 0.1) is 0 Å². The Labute approximate surface area is 109 Å². The van der Waals surface area contributed by atoms with Gasteiger partial charge in [-0.25, -0.2) is 0 Å². The van der Waals surface area contributed by atoms with Crippen molar-refractivity contribution in [3.63, 3.8) is 0 Å². The predicted octanol–water partition coefficient (Wildman–Crippen LogP) is 2.87. The molecule has 1 aliphatic heterocycles. The Hall–Kier alpha value is -0.380. The summed E-state index contributed by atoms with van der Waals surface area (Å²) in [4.78, 5) is 4.17. The first-order chi connectivity index (χ1) is 8.17. The van der Waals surface area contributed by atoms with E-state index in [1.807, 2.05) is 11.3 Å². The molecule has 0 spiro atoms. The lowest BCUT2D eigenvalue weighted by Gasteiger charge is -2.36. The van der Waals surface area contributed by atoms with Crippen LogP contribution in [0.1, 0.15) is 37.1 Å². The summed E-state index contributed by atoms with van der Waals surface area (Å²) >= 11 is 1.91. The van der Waals surface area contributed by atoms with Crippen molar-refractivity contribution in [3.8, 4) is 0 Å². The Balaban J connectivity index is 1.97. The van der Waals surface area contributed by atoms with E-state index >= 15 is 0 Å². The van der Waals surface area contributed by atoms with Crippen molar-refractivity contribution in [2.45, 2.75) is 39.7 Å². The average molecular weight is 252 g/mol. The van der Waals surface area contributed by atoms with Crippen LogP contribution in [0.5, 0.6) is 0 Å². The van der Waals surface area contributed by atoms with Crippen LogP contribution in [0, 0.1) is 5.41 Å². The Morgan fingerprint density at radius 2 is 2.35 bits per heavy atom. The molecule has 0 saturated carbocycles. The first-order valence-corrected chi connectivity index (χ1v) is 7.52. The minimum absolute atomic E-state index is 0.294. The van der Waals surface area contributed by atoms with Gasteiger partial charge in [0.1, 0.15) is 0 Å². The molecular formula is C14H24N2S. The SMILES string of the molecule is CCCC(C)(CN)CN1CCc2sccc2C1. The van der Waals surface area contributed by atoms with E-state index in [0.29, 0.717) is 5.41 Å². The summed E-state index contributed by atoms with van der Waals surface area (Å²) in [6.45, 7) is 8.85. The minimum atomic E-state index is 0.294. The maximum Gasteiger partial charge on any atom is 0.0245 e. The molecule has 1 aromatic rings. The highest BCUT2D eigenvalue weighted by Gasteiger charge is 2.27. The normalized spacial score (nSPS) is 19.9. The molecule has 2 heterocycles. The van der Waals surface area contributed by atoms with Gasteiger partial charge in [0, 0.05) is 24.5 Å². The second-order valence-electron chi connectivity index (χ2n) is 5.59. The second kappa shape index (κ2) is 5.51. The summed E-state index contributed by atoms with van der Waals surface area (Å²) in [6, 6.07) is 2.28. The number of nitrogens with zero attached hydrogens (tertiary/aromatic N) is 1. The van der Waals surface area contributed by atoms with Gasteiger partial charge in [-0.2, -0.15) is 0 Å². The Bertz CT molecular complexity index is 361. The van der Waals surface area contributed by atoms with E-state index in [2.05, 4.69) is 30.2 Å². The van der Waals surface area contributed by atoms with E-state index < -0.39 is 0 Å². The molecular weight excluding hydrogens is 228 g/mol. The van der Waals surface area contributed by atoms with Crippen LogP contribution in [0.15, 0.2) is 11.4 Å². The zero-order chi connectivity index (χ0) is 12.3. The fourth-order valence-electron chi connectivity index (χ4n) is 2.83. The maximum absolute atomic E-state index is 5.96. The number of hydrogen-bond acceptors (Lipinski definition) is 3. The number of hydrogen-bond donors (Lipinski definition) is 1. The van der Waals surface area contributed by atoms with Gasteiger partial charge >= 0.3 is 0 Å². The number of fused-ring (bicyclic) bond motifs is 1. The zero-order valence-electron chi connectivity index (χ0n) is 11.0. The van der Waals surface area contributed by atoms with Crippen LogP contribution in [0.25, 0.3) is 0 Å². The van der Waals surface area contributed by atoms with E-state index in [-0.39, 0.29) is 0 Å². The molecule has 3 heteroatoms. The van der Waals surface area contributed by atoms with Crippen molar-refractivity contribution < 1.29 is 0 Å². The molecule has 17 heavy (non-hydrogen) atoms. The van der Waals surface area contributed by atoms with Crippen LogP contribution >= 0.6 is 11.3 Å². The summed E-state index contributed by atoms with van der Waals surface area (Å²) in [5.41, 5.74) is 7.79. The lowest BCUT2D eigenvalue weighted by atomic mass is 9.84. The van der Waals surface area contributed by atoms with Crippen LogP contribution in [0.3, 0.4) is 0 Å². The summed E-state index contributed by atoms with van der Waals surface area (Å²) in [6.07, 6.45) is 3.68. The van der Waals surface area contributed by atoms with Gasteiger partial charge < -0.3 is 5.73 Å². The third-order valence-electron chi connectivity index (χ3n) is 3.84. The summed E-state index contributed by atoms with van der Waals surface area (Å²) < 4.78 is 0. The predicted molar refractivity (Wildman–Crippen MR) is 75.4 cm³/mol. The van der Waals surface area contributed by atoms with Gasteiger partial charge in [-0.05, 0) is 41.8 Å². The smallest absolute Gasteiger partial charge is 0.0245 e. The first kappa shape index (κ1) is 13.1. The summed E-state index contributed by atoms with van der Waals surface area (Å²) in [7, 11) is 0. The zero-order valence-corrected chi connectivity index (χ0v) is 11.9. The van der Waals surface area contributed by atoms with Crippen molar-refractivity contribution in [2.75, 3.05) is 19.6 Å². The molecule has 2 rings (SSSR count). The van der Waals surface area contributed by atoms with Gasteiger partial charge in [-0.1, -0.05) is 20.3 Å². The lowest BCUT2D eigenvalue weighted by molar-refractivity contribution is 0.147. The van der Waals surface area contributed by atoms with Gasteiger partial charge in [0.2, 0.25) is 0 Å². The molecule has 1 unspecified atom stereocenters. The van der Waals surface area contributed by atoms with Crippen molar-refractivity contribution in [1.82, 2.24) is 4.90 Å². The van der Waals surface area contributed by atoms with E-state index in [1.165, 1.54) is 31.4 Å². The Morgan fingerprint density at radius 1 is 1.53 bits per heavy atom. The topological polar surface area (TPSA) is 29.3 Å². The van der Waals surface area contributed by atoms with Crippen molar-refractivity contribution in [1.29, 1.82) is 0 Å². The molecule has 0 fully saturated rings. The molecule has 1 aliphatic rings. The van der Waals surface area contributed by atoms with Gasteiger partial charge in [-0.3, -0.25) is 4.90 Å². The highest BCUT2D eigenvalue weighted by Crippen LogP contribution is 2.28. The molecule has 0 saturated heterocycles. The second-order valence-corrected chi connectivity index (χ2v) is 6.60. The lowest BCUT2D eigenvalue weighted by Crippen LogP contribution is -2.42. The molecule has 1 aromatic heterocycles. The van der Waals surface area contributed by atoms with E-state index in [1.54, 1.807) is 4.88 Å². The monoisotopic (exact) mass is 252 g/mol. The van der Waals surface area contributed by atoms with Crippen LogP contribution in [-0.4, -0.2) is 24.5 Å². The third-order valence-corrected chi connectivity index (χ3v) is 4.86. The fourth-order valence-corrected chi connectivity index (χ4v) is 3.72. The average Bonchev–Trinajstić information content (AvgIpc) is 2.76. The van der Waals surface area contributed by atoms with Gasteiger partial charge in [0.15, 0.2) is 0 Å². The number of thiophene rings is 1. The van der Waals surface area contributed by atoms with Gasteiger partial charge in [0.25, 0.3) is 0 Å². The molecule has 1 atom stereocenters. The molecule has 2 N–H and O–H groups in total. The first-order valence-electron chi connectivity index (χ1n) is 6.64. The number of rotatable bonds is 5. The Kier molecular flexibility index (Phi) is 4.23. The van der Waals surface area contributed by atoms with Crippen molar-refractivity contribution >= 4 is 11.3 Å². The van der Waals surface area contributed by atoms with Crippen molar-refractivity contribution in [3.05, 3.63) is 21.9 Å². The van der Waals surface area contributed by atoms with Crippen molar-refractivity contribution in [2.24, 2.45) is 11.1 Å². The quantitative estimate of drug-likeness (QED) is 0.873. The molecule has 0 amide bonds. The molecule has 0 bridgehead atoms. The standard InChI is InChI=1S/C14H24N2S/c1-3-6-14(2,10-15)11-16-7-4-13-12(9-16)5-8-17-13/h5,8H,3-4,6-7,9-11,15H2,1-2H3. The van der Waals surface area contributed by atoms with Crippen LogP contribution in [0.4, 0.5) is 0 Å². The molecule has 96 valence electrons. The van der Waals surface area contributed by atoms with E-state index in [4.69, 9.17) is 5.73 Å². The van der Waals surface area contributed by atoms with E-state index in [9.17, 15) is 0 Å². The number of nitrogens with two attached hydrogens (primary N) is 1.